The van der Waals surface area contributed by atoms with Crippen LogP contribution in [0.15, 0.2) is 60.7 Å². The molecule has 0 saturated carbocycles. The summed E-state index contributed by atoms with van der Waals surface area (Å²) >= 11 is 1.24. The summed E-state index contributed by atoms with van der Waals surface area (Å²) in [4.78, 5) is 46.7. The molecule has 3 heterocycles. The van der Waals surface area contributed by atoms with Crippen LogP contribution >= 0.6 is 11.3 Å². The van der Waals surface area contributed by atoms with Crippen molar-refractivity contribution in [2.75, 3.05) is 37.7 Å². The van der Waals surface area contributed by atoms with Crippen LogP contribution in [0.5, 0.6) is 0 Å². The molecule has 0 unspecified atom stereocenters. The van der Waals surface area contributed by atoms with E-state index >= 15 is 8.78 Å². The predicted octanol–water partition coefficient (Wildman–Crippen LogP) is 5.33. The fourth-order valence-electron chi connectivity index (χ4n) is 5.42. The standard InChI is InChI=1S/C32H34F2N4O4S/c1-3-42-28(40)20-35-23-13-16-37(17-14-23)27(39)19-25-24-11-7-8-12-26(24)38(18-15-32(25,33)34)31(41)29-21(2)36-30(43-29)22-9-5-4-6-10-22/h4-12,19,23,35H,3,13-18,20H2,1-2H3/b25-19-. The number of halogens is 2. The summed E-state index contributed by atoms with van der Waals surface area (Å²) in [6, 6.07) is 16.0. The maximum Gasteiger partial charge on any atom is 0.319 e. The van der Waals surface area contributed by atoms with Gasteiger partial charge >= 0.3 is 5.97 Å². The number of fused-ring (bicyclic) bond motifs is 1. The number of ether oxygens (including phenoxy) is 1. The van der Waals surface area contributed by atoms with E-state index in [2.05, 4.69) is 10.3 Å². The third kappa shape index (κ3) is 6.83. The molecule has 11 heteroatoms. The second-order valence-electron chi connectivity index (χ2n) is 10.6. The second kappa shape index (κ2) is 13.1. The molecular weight excluding hydrogens is 574 g/mol. The van der Waals surface area contributed by atoms with Gasteiger partial charge in [0.1, 0.15) is 9.88 Å². The number of likely N-dealkylation sites (tertiary alicyclic amines) is 1. The summed E-state index contributed by atoms with van der Waals surface area (Å²) in [7, 11) is 0. The van der Waals surface area contributed by atoms with Gasteiger partial charge in [-0.15, -0.1) is 11.3 Å². The zero-order chi connectivity index (χ0) is 30.6. The van der Waals surface area contributed by atoms with Crippen molar-refractivity contribution in [3.05, 3.63) is 76.8 Å². The quantitative estimate of drug-likeness (QED) is 0.288. The highest BCUT2D eigenvalue weighted by Crippen LogP contribution is 2.44. The highest BCUT2D eigenvalue weighted by Gasteiger charge is 2.42. The maximum absolute atomic E-state index is 15.7. The topological polar surface area (TPSA) is 91.8 Å². The number of hydrogen-bond donors (Lipinski definition) is 1. The van der Waals surface area contributed by atoms with Crippen molar-refractivity contribution in [3.8, 4) is 10.6 Å². The first-order chi connectivity index (χ1) is 20.7. The van der Waals surface area contributed by atoms with E-state index in [1.54, 1.807) is 36.9 Å². The number of piperidine rings is 1. The lowest BCUT2D eigenvalue weighted by Gasteiger charge is -2.32. The molecule has 2 amide bonds. The normalized spacial score (nSPS) is 17.8. The highest BCUT2D eigenvalue weighted by atomic mass is 32.1. The van der Waals surface area contributed by atoms with Crippen LogP contribution < -0.4 is 10.2 Å². The van der Waals surface area contributed by atoms with Gasteiger partial charge in [0, 0.05) is 54.9 Å². The minimum Gasteiger partial charge on any atom is -0.465 e. The van der Waals surface area contributed by atoms with E-state index in [0.717, 1.165) is 11.6 Å². The summed E-state index contributed by atoms with van der Waals surface area (Å²) in [5, 5.41) is 3.82. The summed E-state index contributed by atoms with van der Waals surface area (Å²) in [6.07, 6.45) is 1.58. The number of carbonyl (C=O) groups excluding carboxylic acids is 3. The summed E-state index contributed by atoms with van der Waals surface area (Å²) in [6.45, 7) is 4.40. The fraction of sp³-hybridized carbons (Fsp3) is 0.375. The van der Waals surface area contributed by atoms with E-state index in [1.807, 2.05) is 30.3 Å². The molecule has 2 aromatic carbocycles. The average Bonchev–Trinajstić information content (AvgIpc) is 3.36. The summed E-state index contributed by atoms with van der Waals surface area (Å²) < 4.78 is 36.4. The fourth-order valence-corrected chi connectivity index (χ4v) is 6.44. The van der Waals surface area contributed by atoms with Crippen LogP contribution in [0.1, 0.15) is 47.1 Å². The van der Waals surface area contributed by atoms with Gasteiger partial charge in [0.2, 0.25) is 5.91 Å². The van der Waals surface area contributed by atoms with E-state index in [-0.39, 0.29) is 30.7 Å². The number of amides is 2. The number of nitrogens with one attached hydrogen (secondary N) is 1. The van der Waals surface area contributed by atoms with Crippen molar-refractivity contribution in [2.45, 2.75) is 45.1 Å². The smallest absolute Gasteiger partial charge is 0.319 e. The van der Waals surface area contributed by atoms with Crippen molar-refractivity contribution in [1.82, 2.24) is 15.2 Å². The molecular formula is C32H34F2N4O4S. The van der Waals surface area contributed by atoms with Crippen LogP contribution in [0.4, 0.5) is 14.5 Å². The van der Waals surface area contributed by atoms with Gasteiger partial charge in [-0.25, -0.2) is 13.8 Å². The van der Waals surface area contributed by atoms with Crippen molar-refractivity contribution < 1.29 is 27.9 Å². The van der Waals surface area contributed by atoms with Crippen LogP contribution in [0.2, 0.25) is 0 Å². The Labute approximate surface area is 253 Å². The Balaban J connectivity index is 1.37. The average molecular weight is 609 g/mol. The third-order valence-corrected chi connectivity index (χ3v) is 8.89. The molecule has 5 rings (SSSR count). The second-order valence-corrected chi connectivity index (χ2v) is 11.6. The molecule has 2 aliphatic heterocycles. The minimum absolute atomic E-state index is 0.0262. The minimum atomic E-state index is -3.34. The van der Waals surface area contributed by atoms with Crippen molar-refractivity contribution >= 4 is 40.4 Å². The molecule has 43 heavy (non-hydrogen) atoms. The number of aromatic nitrogens is 1. The number of alkyl halides is 2. The lowest BCUT2D eigenvalue weighted by molar-refractivity contribution is -0.142. The number of para-hydroxylation sites is 1. The summed E-state index contributed by atoms with van der Waals surface area (Å²) in [5.74, 6) is -4.57. The van der Waals surface area contributed by atoms with E-state index in [0.29, 0.717) is 53.8 Å². The first kappa shape index (κ1) is 30.5. The molecule has 0 radical (unpaired) electrons. The molecule has 0 bridgehead atoms. The van der Waals surface area contributed by atoms with Crippen molar-refractivity contribution in [2.24, 2.45) is 0 Å². The van der Waals surface area contributed by atoms with Gasteiger partial charge in [-0.05, 0) is 32.8 Å². The zero-order valence-corrected chi connectivity index (χ0v) is 25.0. The van der Waals surface area contributed by atoms with Crippen molar-refractivity contribution in [3.63, 3.8) is 0 Å². The number of esters is 1. The maximum atomic E-state index is 15.7. The van der Waals surface area contributed by atoms with Crippen LogP contribution in [0, 0.1) is 6.92 Å². The monoisotopic (exact) mass is 608 g/mol. The van der Waals surface area contributed by atoms with Gasteiger partial charge in [-0.2, -0.15) is 0 Å². The molecule has 1 aromatic heterocycles. The number of benzene rings is 2. The van der Waals surface area contributed by atoms with Crippen LogP contribution in [0.3, 0.4) is 0 Å². The molecule has 3 aromatic rings. The van der Waals surface area contributed by atoms with E-state index in [1.165, 1.54) is 22.3 Å². The number of thiazole rings is 1. The Bertz CT molecular complexity index is 1520. The first-order valence-electron chi connectivity index (χ1n) is 14.4. The lowest BCUT2D eigenvalue weighted by Crippen LogP contribution is -2.46. The largest absolute Gasteiger partial charge is 0.465 e. The van der Waals surface area contributed by atoms with Gasteiger partial charge < -0.3 is 19.9 Å². The number of anilines is 1. The molecule has 1 fully saturated rings. The number of carbonyl (C=O) groups is 3. The van der Waals surface area contributed by atoms with Gasteiger partial charge in [0.05, 0.1) is 24.5 Å². The Kier molecular flexibility index (Phi) is 9.31. The molecule has 0 spiro atoms. The van der Waals surface area contributed by atoms with Gasteiger partial charge in [-0.3, -0.25) is 14.4 Å². The van der Waals surface area contributed by atoms with Crippen LogP contribution in [-0.2, 0) is 14.3 Å². The first-order valence-corrected chi connectivity index (χ1v) is 15.2. The Morgan fingerprint density at radius 1 is 1.07 bits per heavy atom. The van der Waals surface area contributed by atoms with E-state index in [4.69, 9.17) is 4.74 Å². The summed E-state index contributed by atoms with van der Waals surface area (Å²) in [5.41, 5.74) is 1.51. The Morgan fingerprint density at radius 3 is 2.49 bits per heavy atom. The molecule has 0 aliphatic carbocycles. The number of rotatable bonds is 7. The molecule has 2 aliphatic rings. The van der Waals surface area contributed by atoms with E-state index < -0.39 is 29.7 Å². The molecule has 1 N–H and O–H groups in total. The number of aryl methyl sites for hydroxylation is 1. The zero-order valence-electron chi connectivity index (χ0n) is 24.1. The SMILES string of the molecule is CCOC(=O)CNC1CCN(C(=O)/C=C2/c3ccccc3N(C(=O)c3sc(-c4ccccc4)nc3C)CCC2(F)F)CC1. The molecule has 8 nitrogen and oxygen atoms in total. The Hall–Kier alpha value is -3.96. The number of hydrogen-bond acceptors (Lipinski definition) is 7. The number of allylic oxidation sites excluding steroid dienone is 1. The van der Waals surface area contributed by atoms with Crippen LogP contribution in [-0.4, -0.2) is 72.4 Å². The lowest BCUT2D eigenvalue weighted by atomic mass is 9.96. The molecule has 0 atom stereocenters. The third-order valence-electron chi connectivity index (χ3n) is 7.70. The number of nitrogens with zero attached hydrogens (tertiary/aromatic N) is 3. The van der Waals surface area contributed by atoms with E-state index in [9.17, 15) is 14.4 Å². The predicted molar refractivity (Wildman–Crippen MR) is 162 cm³/mol. The Morgan fingerprint density at radius 2 is 1.77 bits per heavy atom. The van der Waals surface area contributed by atoms with Crippen LogP contribution in [0.25, 0.3) is 16.1 Å². The molecule has 226 valence electrons. The van der Waals surface area contributed by atoms with Gasteiger partial charge in [0.15, 0.2) is 0 Å². The highest BCUT2D eigenvalue weighted by molar-refractivity contribution is 7.17. The van der Waals surface area contributed by atoms with Gasteiger partial charge in [0.25, 0.3) is 11.8 Å². The van der Waals surface area contributed by atoms with Crippen molar-refractivity contribution in [1.29, 1.82) is 0 Å². The molecule has 1 saturated heterocycles. The van der Waals surface area contributed by atoms with Gasteiger partial charge in [-0.1, -0.05) is 48.5 Å².